The van der Waals surface area contributed by atoms with Gasteiger partial charge in [0.2, 0.25) is 5.56 Å². The molecule has 2 heterocycles. The number of pyridine rings is 1. The van der Waals surface area contributed by atoms with E-state index in [9.17, 15) is 9.59 Å². The molecule has 0 aliphatic carbocycles. The van der Waals surface area contributed by atoms with Crippen LogP contribution in [-0.2, 0) is 11.8 Å². The molecule has 0 saturated heterocycles. The summed E-state index contributed by atoms with van der Waals surface area (Å²) in [5, 5.41) is 0.901. The lowest BCUT2D eigenvalue weighted by atomic mass is 10.1. The summed E-state index contributed by atoms with van der Waals surface area (Å²) >= 11 is 1.36. The molecule has 5 nitrogen and oxygen atoms in total. The number of rotatable bonds is 3. The summed E-state index contributed by atoms with van der Waals surface area (Å²) in [5.41, 5.74) is 1.72. The van der Waals surface area contributed by atoms with E-state index >= 15 is 0 Å². The number of ether oxygens (including phenoxy) is 2. The molecular weight excluding hydrogens is 314 g/mol. The molecule has 0 fully saturated rings. The molecular formula is C17H15NO4S. The van der Waals surface area contributed by atoms with E-state index < -0.39 is 0 Å². The van der Waals surface area contributed by atoms with E-state index in [1.807, 2.05) is 12.1 Å². The van der Waals surface area contributed by atoms with Crippen molar-refractivity contribution in [2.75, 3.05) is 14.2 Å². The van der Waals surface area contributed by atoms with Crippen molar-refractivity contribution in [1.82, 2.24) is 4.57 Å². The number of fused-ring (bicyclic) bond motifs is 1. The first-order chi connectivity index (χ1) is 11.0. The van der Waals surface area contributed by atoms with Gasteiger partial charge in [0.15, 0.2) is 0 Å². The van der Waals surface area contributed by atoms with Crippen LogP contribution in [0.2, 0.25) is 0 Å². The molecule has 0 bridgehead atoms. The van der Waals surface area contributed by atoms with Crippen molar-refractivity contribution in [1.29, 1.82) is 0 Å². The summed E-state index contributed by atoms with van der Waals surface area (Å²) in [7, 11) is 4.66. The number of methoxy groups -OCH3 is 2. The lowest BCUT2D eigenvalue weighted by molar-refractivity contribution is 0.0606. The molecule has 3 rings (SSSR count). The van der Waals surface area contributed by atoms with Gasteiger partial charge in [-0.15, -0.1) is 11.3 Å². The van der Waals surface area contributed by atoms with Gasteiger partial charge in [0.25, 0.3) is 0 Å². The van der Waals surface area contributed by atoms with Crippen LogP contribution in [0.25, 0.3) is 21.2 Å². The minimum absolute atomic E-state index is 0.0747. The summed E-state index contributed by atoms with van der Waals surface area (Å²) in [6.07, 6.45) is 1.77. The summed E-state index contributed by atoms with van der Waals surface area (Å²) in [6.45, 7) is 0. The van der Waals surface area contributed by atoms with Crippen molar-refractivity contribution < 1.29 is 14.3 Å². The van der Waals surface area contributed by atoms with E-state index in [0.29, 0.717) is 10.6 Å². The number of hydrogen-bond donors (Lipinski definition) is 0. The maximum Gasteiger partial charge on any atom is 0.348 e. The van der Waals surface area contributed by atoms with Crippen LogP contribution in [0.3, 0.4) is 0 Å². The number of hydrogen-bond acceptors (Lipinski definition) is 5. The van der Waals surface area contributed by atoms with Crippen LogP contribution in [0, 0.1) is 0 Å². The Hall–Kier alpha value is -2.60. The predicted molar refractivity (Wildman–Crippen MR) is 90.4 cm³/mol. The minimum Gasteiger partial charge on any atom is -0.497 e. The van der Waals surface area contributed by atoms with Gasteiger partial charge in [-0.05, 0) is 35.2 Å². The van der Waals surface area contributed by atoms with Crippen LogP contribution < -0.4 is 10.3 Å². The molecule has 1 aromatic carbocycles. The van der Waals surface area contributed by atoms with Gasteiger partial charge in [0.05, 0.1) is 14.2 Å². The topological polar surface area (TPSA) is 57.5 Å². The van der Waals surface area contributed by atoms with Crippen LogP contribution in [0.4, 0.5) is 0 Å². The number of nitrogens with zero attached hydrogens (tertiary/aromatic N) is 1. The monoisotopic (exact) mass is 329 g/mol. The second-order valence-corrected chi connectivity index (χ2v) is 6.11. The highest BCUT2D eigenvalue weighted by molar-refractivity contribution is 7.21. The second kappa shape index (κ2) is 5.89. The highest BCUT2D eigenvalue weighted by Gasteiger charge is 2.15. The van der Waals surface area contributed by atoms with E-state index in [1.165, 1.54) is 29.1 Å². The average molecular weight is 329 g/mol. The number of benzene rings is 1. The first-order valence-corrected chi connectivity index (χ1v) is 7.72. The molecule has 0 aliphatic rings. The van der Waals surface area contributed by atoms with Crippen LogP contribution in [-0.4, -0.2) is 24.8 Å². The van der Waals surface area contributed by atoms with Crippen molar-refractivity contribution in [3.8, 4) is 16.9 Å². The Labute approximate surface area is 136 Å². The van der Waals surface area contributed by atoms with Crippen LogP contribution in [0.1, 0.15) is 9.67 Å². The van der Waals surface area contributed by atoms with Crippen LogP contribution in [0.15, 0.2) is 41.3 Å². The highest BCUT2D eigenvalue weighted by Crippen LogP contribution is 2.38. The molecule has 0 aliphatic heterocycles. The van der Waals surface area contributed by atoms with Crippen molar-refractivity contribution in [3.05, 3.63) is 51.8 Å². The molecule has 0 saturated carbocycles. The third-order valence-electron chi connectivity index (χ3n) is 3.61. The summed E-state index contributed by atoms with van der Waals surface area (Å²) < 4.78 is 12.6. The fourth-order valence-electron chi connectivity index (χ4n) is 2.41. The summed E-state index contributed by atoms with van der Waals surface area (Å²) in [5.74, 6) is 0.326. The van der Waals surface area contributed by atoms with Crippen molar-refractivity contribution in [3.63, 3.8) is 0 Å². The SMILES string of the molecule is COC(=O)c1cc2cc(OC)cc(-c3ccc(=O)n(C)c3)c2s1. The molecule has 0 N–H and O–H groups in total. The first kappa shape index (κ1) is 15.3. The van der Waals surface area contributed by atoms with Gasteiger partial charge in [-0.1, -0.05) is 0 Å². The second-order valence-electron chi connectivity index (χ2n) is 5.06. The summed E-state index contributed by atoms with van der Waals surface area (Å²) in [6, 6.07) is 8.87. The zero-order chi connectivity index (χ0) is 16.6. The number of carbonyl (C=O) groups is 1. The third kappa shape index (κ3) is 2.73. The summed E-state index contributed by atoms with van der Waals surface area (Å²) in [4.78, 5) is 23.9. The van der Waals surface area contributed by atoms with Crippen LogP contribution >= 0.6 is 11.3 Å². The fourth-order valence-corrected chi connectivity index (χ4v) is 3.51. The molecule has 0 radical (unpaired) electrons. The van der Waals surface area contributed by atoms with Crippen LogP contribution in [0.5, 0.6) is 5.75 Å². The fraction of sp³-hybridized carbons (Fsp3) is 0.176. The van der Waals surface area contributed by atoms with Crippen molar-refractivity contribution in [2.24, 2.45) is 7.05 Å². The minimum atomic E-state index is -0.364. The highest BCUT2D eigenvalue weighted by atomic mass is 32.1. The molecule has 0 atom stereocenters. The number of carbonyl (C=O) groups excluding carboxylic acids is 1. The Morgan fingerprint density at radius 3 is 2.61 bits per heavy atom. The maximum absolute atomic E-state index is 11.8. The average Bonchev–Trinajstić information content (AvgIpc) is 2.99. The van der Waals surface area contributed by atoms with Gasteiger partial charge in [-0.2, -0.15) is 0 Å². The normalized spacial score (nSPS) is 10.7. The molecule has 6 heteroatoms. The lowest BCUT2D eigenvalue weighted by Gasteiger charge is -2.08. The lowest BCUT2D eigenvalue weighted by Crippen LogP contribution is -2.13. The Morgan fingerprint density at radius 2 is 1.96 bits per heavy atom. The van der Waals surface area contributed by atoms with Crippen molar-refractivity contribution in [2.45, 2.75) is 0 Å². The predicted octanol–water partition coefficient (Wildman–Crippen LogP) is 3.06. The molecule has 3 aromatic rings. The zero-order valence-electron chi connectivity index (χ0n) is 13.0. The molecule has 0 unspecified atom stereocenters. The van der Waals surface area contributed by atoms with E-state index in [1.54, 1.807) is 32.5 Å². The molecule has 0 spiro atoms. The van der Waals surface area contributed by atoms with E-state index in [-0.39, 0.29) is 11.5 Å². The molecule has 118 valence electrons. The van der Waals surface area contributed by atoms with Gasteiger partial charge in [-0.3, -0.25) is 4.79 Å². The standard InChI is InChI=1S/C17H15NO4S/c1-18-9-10(4-5-15(18)19)13-8-12(21-2)6-11-7-14(17(20)22-3)23-16(11)13/h4-9H,1-3H3. The van der Waals surface area contributed by atoms with Gasteiger partial charge in [-0.25, -0.2) is 4.79 Å². The Bertz CT molecular complexity index is 955. The Morgan fingerprint density at radius 1 is 1.17 bits per heavy atom. The number of aryl methyl sites for hydroxylation is 1. The molecule has 23 heavy (non-hydrogen) atoms. The molecule has 0 amide bonds. The number of thiophene rings is 1. The van der Waals surface area contributed by atoms with Gasteiger partial charge >= 0.3 is 5.97 Å². The Kier molecular flexibility index (Phi) is 3.92. The zero-order valence-corrected chi connectivity index (χ0v) is 13.8. The van der Waals surface area contributed by atoms with Gasteiger partial charge in [0.1, 0.15) is 10.6 Å². The first-order valence-electron chi connectivity index (χ1n) is 6.90. The largest absolute Gasteiger partial charge is 0.497 e. The van der Waals surface area contributed by atoms with E-state index in [0.717, 1.165) is 21.2 Å². The van der Waals surface area contributed by atoms with Crippen molar-refractivity contribution >= 4 is 27.4 Å². The smallest absolute Gasteiger partial charge is 0.348 e. The number of esters is 1. The van der Waals surface area contributed by atoms with Gasteiger partial charge < -0.3 is 14.0 Å². The molecule has 2 aromatic heterocycles. The van der Waals surface area contributed by atoms with E-state index in [4.69, 9.17) is 9.47 Å². The Balaban J connectivity index is 2.28. The third-order valence-corrected chi connectivity index (χ3v) is 4.77. The maximum atomic E-state index is 11.8. The van der Waals surface area contributed by atoms with Gasteiger partial charge in [0, 0.05) is 29.6 Å². The van der Waals surface area contributed by atoms with E-state index in [2.05, 4.69) is 0 Å². The quantitative estimate of drug-likeness (QED) is 0.693. The number of aromatic nitrogens is 1.